The quantitative estimate of drug-likeness (QED) is 0.210. The molecule has 28 heavy (non-hydrogen) atoms. The van der Waals surface area contributed by atoms with Gasteiger partial charge in [0.1, 0.15) is 0 Å². The van der Waals surface area contributed by atoms with E-state index in [0.717, 1.165) is 0 Å². The van der Waals surface area contributed by atoms with Crippen LogP contribution in [0.5, 0.6) is 0 Å². The zero-order valence-electron chi connectivity index (χ0n) is 18.5. The van der Waals surface area contributed by atoms with Crippen LogP contribution in [0, 0.1) is 41.5 Å². The van der Waals surface area contributed by atoms with Crippen LogP contribution in [0.4, 0.5) is 0 Å². The summed E-state index contributed by atoms with van der Waals surface area (Å²) in [6.45, 7) is 16.1. The van der Waals surface area contributed by atoms with E-state index in [1.165, 1.54) is 48.4 Å². The van der Waals surface area contributed by atoms with Gasteiger partial charge in [0.25, 0.3) is 0 Å². The SMILES string of the molecule is CCCCCc1c(C)c(C)c(C)[c-]1C[SiH2]c1c(C)cc(C)cc1C.[Cl-].[Cl-].[Cl-].[Ti+4]. The topological polar surface area (TPSA) is 0 Å². The van der Waals surface area contributed by atoms with E-state index in [2.05, 4.69) is 60.6 Å². The summed E-state index contributed by atoms with van der Waals surface area (Å²) in [7, 11) is -0.257. The molecule has 0 aliphatic heterocycles. The smallest absolute Gasteiger partial charge is 1.00 e. The van der Waals surface area contributed by atoms with E-state index in [-0.39, 0.29) is 68.5 Å². The van der Waals surface area contributed by atoms with Gasteiger partial charge in [-0.15, -0.1) is 0 Å². The summed E-state index contributed by atoms with van der Waals surface area (Å²) in [4.78, 5) is 0. The summed E-state index contributed by atoms with van der Waals surface area (Å²) < 4.78 is 0. The first kappa shape index (κ1) is 33.0. The third-order valence-corrected chi connectivity index (χ3v) is 8.26. The predicted molar refractivity (Wildman–Crippen MR) is 112 cm³/mol. The van der Waals surface area contributed by atoms with E-state index < -0.39 is 0 Å². The molecule has 0 spiro atoms. The summed E-state index contributed by atoms with van der Waals surface area (Å²) >= 11 is 0. The van der Waals surface area contributed by atoms with Crippen molar-refractivity contribution in [3.05, 3.63) is 56.6 Å². The number of rotatable bonds is 7. The van der Waals surface area contributed by atoms with Crippen molar-refractivity contribution in [2.75, 3.05) is 0 Å². The number of hydrogen-bond donors (Lipinski definition) is 0. The zero-order valence-corrected chi connectivity index (χ0v) is 23.8. The van der Waals surface area contributed by atoms with Crippen molar-refractivity contribution in [2.45, 2.75) is 80.2 Å². The van der Waals surface area contributed by atoms with Gasteiger partial charge in [-0.25, -0.2) is 0 Å². The van der Waals surface area contributed by atoms with Crippen molar-refractivity contribution in [3.63, 3.8) is 0 Å². The van der Waals surface area contributed by atoms with Gasteiger partial charge < -0.3 is 37.2 Å². The number of halogens is 3. The molecule has 156 valence electrons. The molecular weight excluding hydrogens is 459 g/mol. The molecule has 0 atom stereocenters. The molecule has 0 bridgehead atoms. The minimum absolute atomic E-state index is 0. The van der Waals surface area contributed by atoms with Crippen LogP contribution in [0.2, 0.25) is 0 Å². The van der Waals surface area contributed by atoms with Gasteiger partial charge in [0.05, 0.1) is 0 Å². The molecule has 0 unspecified atom stereocenters. The Balaban J connectivity index is -0.00000156. The van der Waals surface area contributed by atoms with Crippen molar-refractivity contribution in [1.82, 2.24) is 0 Å². The van der Waals surface area contributed by atoms with Crippen molar-refractivity contribution >= 4 is 14.7 Å². The van der Waals surface area contributed by atoms with E-state index in [4.69, 9.17) is 0 Å². The maximum Gasteiger partial charge on any atom is 4.00 e. The summed E-state index contributed by atoms with van der Waals surface area (Å²) in [6, 6.07) is 6.06. The maximum atomic E-state index is 2.37. The van der Waals surface area contributed by atoms with Gasteiger partial charge in [0.15, 0.2) is 0 Å². The Labute approximate surface area is 209 Å². The van der Waals surface area contributed by atoms with Crippen molar-refractivity contribution < 1.29 is 58.9 Å². The average Bonchev–Trinajstić information content (AvgIpc) is 2.71. The third-order valence-electron chi connectivity index (χ3n) is 5.89. The van der Waals surface area contributed by atoms with E-state index in [1.807, 2.05) is 0 Å². The summed E-state index contributed by atoms with van der Waals surface area (Å²) in [5.41, 5.74) is 12.5. The van der Waals surface area contributed by atoms with E-state index >= 15 is 0 Å². The predicted octanol–water partition coefficient (Wildman–Crippen LogP) is -4.01. The zero-order chi connectivity index (χ0) is 17.9. The Morgan fingerprint density at radius 1 is 0.821 bits per heavy atom. The molecule has 0 aromatic heterocycles. The van der Waals surface area contributed by atoms with E-state index in [1.54, 1.807) is 33.0 Å². The van der Waals surface area contributed by atoms with E-state index in [0.29, 0.717) is 0 Å². The Bertz CT molecular complexity index is 700. The first-order chi connectivity index (χ1) is 11.4. The largest absolute Gasteiger partial charge is 4.00 e. The van der Waals surface area contributed by atoms with Crippen molar-refractivity contribution in [1.29, 1.82) is 0 Å². The van der Waals surface area contributed by atoms with Gasteiger partial charge in [-0.3, -0.25) is 0 Å². The van der Waals surface area contributed by atoms with Crippen LogP contribution < -0.4 is 42.4 Å². The molecule has 0 nitrogen and oxygen atoms in total. The summed E-state index contributed by atoms with van der Waals surface area (Å²) in [6.07, 6.45) is 5.29. The fourth-order valence-corrected chi connectivity index (χ4v) is 6.44. The number of benzene rings is 1. The molecule has 0 amide bonds. The van der Waals surface area contributed by atoms with Gasteiger partial charge in [-0.2, -0.15) is 27.8 Å². The Kier molecular flexibility index (Phi) is 17.9. The van der Waals surface area contributed by atoms with Gasteiger partial charge >= 0.3 is 21.7 Å². The Morgan fingerprint density at radius 2 is 1.36 bits per heavy atom. The molecular formula is C23H35Cl3SiTi. The molecule has 5 heteroatoms. The average molecular weight is 494 g/mol. The van der Waals surface area contributed by atoms with Crippen LogP contribution in [0.15, 0.2) is 12.1 Å². The molecule has 0 heterocycles. The fourth-order valence-electron chi connectivity index (χ4n) is 4.27. The van der Waals surface area contributed by atoms with Crippen LogP contribution in [-0.2, 0) is 34.2 Å². The van der Waals surface area contributed by atoms with Crippen LogP contribution >= 0.6 is 0 Å². The first-order valence-electron chi connectivity index (χ1n) is 9.67. The van der Waals surface area contributed by atoms with Gasteiger partial charge in [0.2, 0.25) is 0 Å². The third kappa shape index (κ3) is 7.89. The molecule has 0 N–H and O–H groups in total. The molecule has 2 aromatic carbocycles. The molecule has 0 fully saturated rings. The van der Waals surface area contributed by atoms with Crippen LogP contribution in [-0.4, -0.2) is 9.52 Å². The van der Waals surface area contributed by atoms with Crippen LogP contribution in [0.1, 0.15) is 70.7 Å². The number of hydrogen-bond acceptors (Lipinski definition) is 0. The second-order valence-electron chi connectivity index (χ2n) is 7.67. The normalized spacial score (nSPS) is 10.1. The maximum absolute atomic E-state index is 2.37. The number of unbranched alkanes of at least 4 members (excludes halogenated alkanes) is 2. The summed E-state index contributed by atoms with van der Waals surface area (Å²) in [5.74, 6) is 0. The van der Waals surface area contributed by atoms with E-state index in [9.17, 15) is 0 Å². The van der Waals surface area contributed by atoms with Crippen molar-refractivity contribution in [2.24, 2.45) is 0 Å². The second kappa shape index (κ2) is 15.2. The standard InChI is InChI=1S/C23H35Si.3ClH.Ti/c1-8-9-10-11-21-19(6)18(5)20(7)22(21)14-24-23-16(3)12-15(2)13-17(23)4;;;;/h12-13H,8-11,14,24H2,1-7H3;3*1H;/q-1;;;;+4/p-3. The monoisotopic (exact) mass is 492 g/mol. The molecule has 0 radical (unpaired) electrons. The second-order valence-corrected chi connectivity index (χ2v) is 9.37. The van der Waals surface area contributed by atoms with Gasteiger partial charge in [-0.05, 0) is 20.8 Å². The molecule has 0 aliphatic carbocycles. The molecule has 0 saturated carbocycles. The van der Waals surface area contributed by atoms with Crippen molar-refractivity contribution in [3.8, 4) is 0 Å². The molecule has 2 aromatic rings. The van der Waals surface area contributed by atoms with Gasteiger partial charge in [-0.1, -0.05) is 93.4 Å². The summed E-state index contributed by atoms with van der Waals surface area (Å²) in [5, 5.41) is 1.69. The van der Waals surface area contributed by atoms with Crippen LogP contribution in [0.25, 0.3) is 0 Å². The first-order valence-corrected chi connectivity index (χ1v) is 11.4. The Hall–Kier alpha value is 0.371. The minimum Gasteiger partial charge on any atom is -1.00 e. The molecule has 0 saturated heterocycles. The Morgan fingerprint density at radius 3 is 1.86 bits per heavy atom. The fraction of sp³-hybridized carbons (Fsp3) is 0.522. The van der Waals surface area contributed by atoms with Gasteiger partial charge in [0, 0.05) is 9.52 Å². The number of aryl methyl sites for hydroxylation is 3. The van der Waals surface area contributed by atoms with Crippen LogP contribution in [0.3, 0.4) is 0 Å². The minimum atomic E-state index is -0.257. The molecule has 2 rings (SSSR count). The molecule has 0 aliphatic rings.